The first-order valence-electron chi connectivity index (χ1n) is 7.07. The van der Waals surface area contributed by atoms with Crippen LogP contribution in [-0.2, 0) is 9.59 Å². The topological polar surface area (TPSA) is 66.8 Å². The molecule has 1 aromatic carbocycles. The Morgan fingerprint density at radius 1 is 1.43 bits per heavy atom. The molecule has 1 amide bonds. The van der Waals surface area contributed by atoms with E-state index in [2.05, 4.69) is 0 Å². The number of carbonyl (C=O) groups excluding carboxylic acids is 1. The number of carboxylic acids is 1. The lowest BCUT2D eigenvalue weighted by molar-refractivity contribution is -0.147. The van der Waals surface area contributed by atoms with Gasteiger partial charge in [0.05, 0.1) is 5.41 Å². The van der Waals surface area contributed by atoms with Gasteiger partial charge in [0, 0.05) is 13.1 Å². The second-order valence-electron chi connectivity index (χ2n) is 5.95. The van der Waals surface area contributed by atoms with Gasteiger partial charge in [-0.05, 0) is 44.9 Å². The van der Waals surface area contributed by atoms with Crippen LogP contribution >= 0.6 is 0 Å². The Balaban J connectivity index is 1.99. The number of hydrogen-bond acceptors (Lipinski definition) is 3. The van der Waals surface area contributed by atoms with Gasteiger partial charge in [0.1, 0.15) is 5.75 Å². The van der Waals surface area contributed by atoms with Gasteiger partial charge in [-0.1, -0.05) is 12.1 Å². The number of benzene rings is 1. The molecular formula is C16H21NO4. The second-order valence-corrected chi connectivity index (χ2v) is 5.95. The first kappa shape index (κ1) is 15.4. The van der Waals surface area contributed by atoms with Crippen LogP contribution in [0.2, 0.25) is 0 Å². The van der Waals surface area contributed by atoms with Gasteiger partial charge in [-0.15, -0.1) is 0 Å². The Labute approximate surface area is 124 Å². The number of ether oxygens (including phenoxy) is 1. The molecule has 1 aliphatic heterocycles. The molecule has 5 heteroatoms. The monoisotopic (exact) mass is 291 g/mol. The van der Waals surface area contributed by atoms with Crippen LogP contribution in [0.25, 0.3) is 0 Å². The summed E-state index contributed by atoms with van der Waals surface area (Å²) in [5.74, 6) is -0.373. The van der Waals surface area contributed by atoms with E-state index in [0.29, 0.717) is 18.7 Å². The van der Waals surface area contributed by atoms with E-state index in [1.165, 1.54) is 0 Å². The van der Waals surface area contributed by atoms with Crippen molar-refractivity contribution in [3.05, 3.63) is 29.8 Å². The zero-order valence-electron chi connectivity index (χ0n) is 12.6. The Kier molecular flexibility index (Phi) is 4.21. The summed E-state index contributed by atoms with van der Waals surface area (Å²) < 4.78 is 5.66. The Hall–Kier alpha value is -2.04. The van der Waals surface area contributed by atoms with Gasteiger partial charge in [-0.2, -0.15) is 0 Å². The van der Waals surface area contributed by atoms with Crippen molar-refractivity contribution in [1.82, 2.24) is 4.90 Å². The molecule has 0 aliphatic carbocycles. The van der Waals surface area contributed by atoms with E-state index in [4.69, 9.17) is 4.74 Å². The quantitative estimate of drug-likeness (QED) is 0.922. The molecular weight excluding hydrogens is 270 g/mol. The average molecular weight is 291 g/mol. The number of rotatable bonds is 4. The van der Waals surface area contributed by atoms with Crippen LogP contribution in [0.4, 0.5) is 0 Å². The number of carbonyl (C=O) groups is 2. The van der Waals surface area contributed by atoms with Crippen molar-refractivity contribution in [1.29, 1.82) is 0 Å². The van der Waals surface area contributed by atoms with Gasteiger partial charge in [0.25, 0.3) is 5.91 Å². The van der Waals surface area contributed by atoms with E-state index in [0.717, 1.165) is 5.56 Å². The molecule has 1 aromatic rings. The van der Waals surface area contributed by atoms with Crippen molar-refractivity contribution >= 4 is 11.9 Å². The number of amides is 1. The molecule has 0 spiro atoms. The third-order valence-electron chi connectivity index (χ3n) is 3.95. The van der Waals surface area contributed by atoms with Crippen LogP contribution in [0.15, 0.2) is 24.3 Å². The summed E-state index contributed by atoms with van der Waals surface area (Å²) in [5.41, 5.74) is 0.213. The van der Waals surface area contributed by atoms with Gasteiger partial charge in [-0.3, -0.25) is 9.59 Å². The molecule has 0 aromatic heterocycles. The average Bonchev–Trinajstić information content (AvgIpc) is 2.82. The summed E-state index contributed by atoms with van der Waals surface area (Å²) in [7, 11) is 0. The van der Waals surface area contributed by atoms with E-state index < -0.39 is 17.5 Å². The van der Waals surface area contributed by atoms with Crippen LogP contribution in [0.1, 0.15) is 25.8 Å². The summed E-state index contributed by atoms with van der Waals surface area (Å²) in [6.07, 6.45) is -0.145. The van der Waals surface area contributed by atoms with Gasteiger partial charge in [-0.25, -0.2) is 0 Å². The van der Waals surface area contributed by atoms with Gasteiger partial charge < -0.3 is 14.7 Å². The number of nitrogens with zero attached hydrogens (tertiary/aromatic N) is 1. The van der Waals surface area contributed by atoms with Gasteiger partial charge in [0.2, 0.25) is 0 Å². The van der Waals surface area contributed by atoms with E-state index in [-0.39, 0.29) is 12.5 Å². The van der Waals surface area contributed by atoms with Crippen molar-refractivity contribution in [2.45, 2.75) is 33.3 Å². The van der Waals surface area contributed by atoms with Crippen molar-refractivity contribution < 1.29 is 19.4 Å². The second kappa shape index (κ2) is 5.76. The van der Waals surface area contributed by atoms with Gasteiger partial charge >= 0.3 is 5.97 Å². The largest absolute Gasteiger partial charge is 0.481 e. The molecule has 5 nitrogen and oxygen atoms in total. The maximum Gasteiger partial charge on any atom is 0.311 e. The zero-order chi connectivity index (χ0) is 15.6. The normalized spacial score (nSPS) is 22.9. The summed E-state index contributed by atoms with van der Waals surface area (Å²) in [6, 6.07) is 7.51. The van der Waals surface area contributed by atoms with Crippen molar-refractivity contribution in [2.24, 2.45) is 5.41 Å². The van der Waals surface area contributed by atoms with Crippen molar-refractivity contribution in [3.63, 3.8) is 0 Å². The lowest BCUT2D eigenvalue weighted by Crippen LogP contribution is -2.41. The Morgan fingerprint density at radius 3 is 2.71 bits per heavy atom. The molecule has 1 fully saturated rings. The number of likely N-dealkylation sites (tertiary alicyclic amines) is 1. The Morgan fingerprint density at radius 2 is 2.14 bits per heavy atom. The maximum absolute atomic E-state index is 12.4. The minimum absolute atomic E-state index is 0.165. The smallest absolute Gasteiger partial charge is 0.311 e. The summed E-state index contributed by atoms with van der Waals surface area (Å²) in [4.78, 5) is 25.2. The SMILES string of the molecule is Cc1cccc(O[C@@H](C)C(=O)N2CC[C@@](C)(C(=O)O)C2)c1. The molecule has 1 aliphatic rings. The third-order valence-corrected chi connectivity index (χ3v) is 3.95. The number of aliphatic carboxylic acids is 1. The van der Waals surface area contributed by atoms with Crippen LogP contribution in [0.5, 0.6) is 5.75 Å². The third kappa shape index (κ3) is 3.35. The summed E-state index contributed by atoms with van der Waals surface area (Å²) >= 11 is 0. The first-order chi connectivity index (χ1) is 9.82. The molecule has 1 N–H and O–H groups in total. The number of carboxylic acid groups (broad SMARTS) is 1. The highest BCUT2D eigenvalue weighted by molar-refractivity contribution is 5.83. The molecule has 2 atom stereocenters. The Bertz CT molecular complexity index is 557. The highest BCUT2D eigenvalue weighted by Gasteiger charge is 2.43. The molecule has 114 valence electrons. The van der Waals surface area contributed by atoms with E-state index >= 15 is 0 Å². The fourth-order valence-corrected chi connectivity index (χ4v) is 2.52. The van der Waals surface area contributed by atoms with Gasteiger partial charge in [0.15, 0.2) is 6.10 Å². The summed E-state index contributed by atoms with van der Waals surface area (Å²) in [5, 5.41) is 9.21. The predicted molar refractivity (Wildman–Crippen MR) is 78.2 cm³/mol. The number of aryl methyl sites for hydroxylation is 1. The molecule has 1 saturated heterocycles. The van der Waals surface area contributed by atoms with E-state index in [1.54, 1.807) is 18.7 Å². The molecule has 1 heterocycles. The van der Waals surface area contributed by atoms with Crippen molar-refractivity contribution in [3.8, 4) is 5.75 Å². The van der Waals surface area contributed by atoms with E-state index in [1.807, 2.05) is 31.2 Å². The molecule has 0 saturated carbocycles. The predicted octanol–water partition coefficient (Wildman–Crippen LogP) is 2.09. The zero-order valence-corrected chi connectivity index (χ0v) is 12.6. The lowest BCUT2D eigenvalue weighted by atomic mass is 9.90. The van der Waals surface area contributed by atoms with Crippen LogP contribution in [0.3, 0.4) is 0 Å². The van der Waals surface area contributed by atoms with Crippen molar-refractivity contribution in [2.75, 3.05) is 13.1 Å². The number of hydrogen-bond donors (Lipinski definition) is 1. The van der Waals surface area contributed by atoms with Crippen LogP contribution in [0, 0.1) is 12.3 Å². The highest BCUT2D eigenvalue weighted by Crippen LogP contribution is 2.30. The first-order valence-corrected chi connectivity index (χ1v) is 7.07. The molecule has 2 rings (SSSR count). The fourth-order valence-electron chi connectivity index (χ4n) is 2.52. The molecule has 0 unspecified atom stereocenters. The van der Waals surface area contributed by atoms with Crippen LogP contribution < -0.4 is 4.74 Å². The maximum atomic E-state index is 12.4. The summed E-state index contributed by atoms with van der Waals surface area (Å²) in [6.45, 7) is 6.03. The lowest BCUT2D eigenvalue weighted by Gasteiger charge is -2.23. The molecule has 0 radical (unpaired) electrons. The minimum Gasteiger partial charge on any atom is -0.481 e. The standard InChI is InChI=1S/C16H21NO4/c1-11-5-4-6-13(9-11)21-12(2)14(18)17-8-7-16(3,10-17)15(19)20/h4-6,9,12H,7-8,10H2,1-3H3,(H,19,20)/t12-,16+/m0/s1. The highest BCUT2D eigenvalue weighted by atomic mass is 16.5. The van der Waals surface area contributed by atoms with E-state index in [9.17, 15) is 14.7 Å². The fraction of sp³-hybridized carbons (Fsp3) is 0.500. The van der Waals surface area contributed by atoms with Crippen LogP contribution in [-0.4, -0.2) is 41.1 Å². The molecule has 0 bridgehead atoms. The molecule has 21 heavy (non-hydrogen) atoms. The minimum atomic E-state index is -0.856.